The number of nitrogens with zero attached hydrogens (tertiary/aromatic N) is 1. The third kappa shape index (κ3) is 4.12. The molecule has 1 N–H and O–H groups in total. The molecule has 32 heavy (non-hydrogen) atoms. The van der Waals surface area contributed by atoms with Gasteiger partial charge in [-0.1, -0.05) is 46.9 Å². The van der Waals surface area contributed by atoms with E-state index in [1.807, 2.05) is 30.3 Å². The maximum Gasteiger partial charge on any atom is 0.291 e. The van der Waals surface area contributed by atoms with Gasteiger partial charge in [-0.2, -0.15) is 0 Å². The van der Waals surface area contributed by atoms with Gasteiger partial charge in [-0.05, 0) is 60.7 Å². The number of hydrogen-bond acceptors (Lipinski definition) is 4. The van der Waals surface area contributed by atoms with Crippen LogP contribution in [-0.4, -0.2) is 10.9 Å². The Labute approximate surface area is 202 Å². The van der Waals surface area contributed by atoms with E-state index in [2.05, 4.69) is 10.3 Å². The number of hydrogen-bond donors (Lipinski definition) is 1. The van der Waals surface area contributed by atoms with Crippen molar-refractivity contribution in [1.82, 2.24) is 4.98 Å². The minimum absolute atomic E-state index is 0.141. The molecule has 0 fully saturated rings. The topological polar surface area (TPSA) is 55.1 Å². The highest BCUT2D eigenvalue weighted by molar-refractivity contribution is 7.21. The smallest absolute Gasteiger partial charge is 0.291 e. The second-order valence-electron chi connectivity index (χ2n) is 6.92. The van der Waals surface area contributed by atoms with Crippen LogP contribution >= 0.6 is 46.1 Å². The van der Waals surface area contributed by atoms with Crippen LogP contribution in [0.2, 0.25) is 15.1 Å². The fourth-order valence-electron chi connectivity index (χ4n) is 3.24. The lowest BCUT2D eigenvalue weighted by molar-refractivity contribution is 0.0997. The lowest BCUT2D eigenvalue weighted by atomic mass is 10.2. The van der Waals surface area contributed by atoms with Gasteiger partial charge in [0.25, 0.3) is 5.91 Å². The van der Waals surface area contributed by atoms with Crippen LogP contribution in [0.4, 0.5) is 5.69 Å². The number of amides is 1. The first kappa shape index (κ1) is 21.0. The van der Waals surface area contributed by atoms with Crippen LogP contribution in [0.5, 0.6) is 0 Å². The van der Waals surface area contributed by atoms with Crippen LogP contribution in [-0.2, 0) is 0 Å². The molecule has 4 nitrogen and oxygen atoms in total. The van der Waals surface area contributed by atoms with Crippen molar-refractivity contribution in [3.8, 4) is 21.9 Å². The van der Waals surface area contributed by atoms with Gasteiger partial charge < -0.3 is 9.73 Å². The molecule has 2 aromatic heterocycles. The van der Waals surface area contributed by atoms with Crippen LogP contribution in [0, 0.1) is 0 Å². The van der Waals surface area contributed by atoms with E-state index in [1.165, 1.54) is 0 Å². The predicted octanol–water partition coefficient (Wildman–Crippen LogP) is 8.44. The van der Waals surface area contributed by atoms with E-state index >= 15 is 0 Å². The highest BCUT2D eigenvalue weighted by atomic mass is 35.5. The van der Waals surface area contributed by atoms with Gasteiger partial charge in [0.15, 0.2) is 5.76 Å². The van der Waals surface area contributed by atoms with Gasteiger partial charge in [-0.25, -0.2) is 4.98 Å². The molecular weight excluding hydrogens is 487 g/mol. The van der Waals surface area contributed by atoms with E-state index in [1.54, 1.807) is 53.8 Å². The van der Waals surface area contributed by atoms with Gasteiger partial charge in [-0.15, -0.1) is 11.3 Å². The van der Waals surface area contributed by atoms with Crippen molar-refractivity contribution < 1.29 is 9.21 Å². The van der Waals surface area contributed by atoms with Crippen molar-refractivity contribution in [2.75, 3.05) is 5.32 Å². The van der Waals surface area contributed by atoms with Gasteiger partial charge in [0.05, 0.1) is 20.3 Å². The highest BCUT2D eigenvalue weighted by Crippen LogP contribution is 2.36. The number of nitrogens with one attached hydrogen (secondary N) is 1. The molecule has 0 spiro atoms. The van der Waals surface area contributed by atoms with Crippen molar-refractivity contribution in [3.05, 3.63) is 93.6 Å². The van der Waals surface area contributed by atoms with Crippen LogP contribution < -0.4 is 5.32 Å². The Bertz CT molecular complexity index is 1440. The zero-order valence-corrected chi connectivity index (χ0v) is 19.3. The van der Waals surface area contributed by atoms with Gasteiger partial charge in [-0.3, -0.25) is 4.79 Å². The number of halogens is 3. The van der Waals surface area contributed by atoms with Crippen molar-refractivity contribution >= 4 is 68.0 Å². The van der Waals surface area contributed by atoms with E-state index in [9.17, 15) is 4.79 Å². The second kappa shape index (κ2) is 8.60. The first-order chi connectivity index (χ1) is 15.5. The van der Waals surface area contributed by atoms with Crippen molar-refractivity contribution in [1.29, 1.82) is 0 Å². The Morgan fingerprint density at radius 3 is 2.53 bits per heavy atom. The predicted molar refractivity (Wildman–Crippen MR) is 132 cm³/mol. The third-order valence-electron chi connectivity index (χ3n) is 4.77. The zero-order valence-electron chi connectivity index (χ0n) is 16.2. The number of thiazole rings is 1. The molecule has 0 aliphatic rings. The molecule has 0 atom stereocenters. The first-order valence-electron chi connectivity index (χ1n) is 9.50. The Kier molecular flexibility index (Phi) is 5.66. The second-order valence-corrected chi connectivity index (χ2v) is 9.21. The standard InChI is InChI=1S/C24H13Cl3N2O2S/c25-13-5-8-17(26)16(11-13)20-9-10-21(31-20)23(30)28-14-6-7-15(18(27)12-14)24-29-19-3-1-2-4-22(19)32-24/h1-12H,(H,28,30). The molecule has 2 heterocycles. The van der Waals surface area contributed by atoms with Gasteiger partial charge >= 0.3 is 0 Å². The molecule has 0 aliphatic carbocycles. The summed E-state index contributed by atoms with van der Waals surface area (Å²) in [5.74, 6) is 0.187. The van der Waals surface area contributed by atoms with Crippen LogP contribution in [0.25, 0.3) is 32.1 Å². The summed E-state index contributed by atoms with van der Waals surface area (Å²) >= 11 is 20.3. The van der Waals surface area contributed by atoms with E-state index in [4.69, 9.17) is 39.2 Å². The number of benzene rings is 3. The van der Waals surface area contributed by atoms with Crippen LogP contribution in [0.1, 0.15) is 10.6 Å². The summed E-state index contributed by atoms with van der Waals surface area (Å²) in [5, 5.41) is 5.12. The first-order valence-corrected chi connectivity index (χ1v) is 11.4. The molecule has 8 heteroatoms. The van der Waals surface area contributed by atoms with E-state index in [-0.39, 0.29) is 5.76 Å². The minimum atomic E-state index is -0.404. The minimum Gasteiger partial charge on any atom is -0.451 e. The fourth-order valence-corrected chi connectivity index (χ4v) is 4.95. The number of fused-ring (bicyclic) bond motifs is 1. The van der Waals surface area contributed by atoms with E-state index < -0.39 is 5.91 Å². The molecule has 0 bridgehead atoms. The number of para-hydroxylation sites is 1. The van der Waals surface area contributed by atoms with Crippen molar-refractivity contribution in [2.24, 2.45) is 0 Å². The zero-order chi connectivity index (χ0) is 22.2. The quantitative estimate of drug-likeness (QED) is 0.270. The van der Waals surface area contributed by atoms with E-state index in [0.29, 0.717) is 32.1 Å². The van der Waals surface area contributed by atoms with Gasteiger partial charge in [0.1, 0.15) is 10.8 Å². The lowest BCUT2D eigenvalue weighted by Gasteiger charge is -2.07. The maximum absolute atomic E-state index is 12.7. The summed E-state index contributed by atoms with van der Waals surface area (Å²) in [6, 6.07) is 21.5. The number of carbonyl (C=O) groups excluding carboxylic acids is 1. The summed E-state index contributed by atoms with van der Waals surface area (Å²) in [4.78, 5) is 17.3. The van der Waals surface area contributed by atoms with E-state index in [0.717, 1.165) is 20.8 Å². The molecule has 0 saturated heterocycles. The molecule has 158 valence electrons. The average Bonchev–Trinajstić information content (AvgIpc) is 3.43. The molecule has 5 aromatic rings. The monoisotopic (exact) mass is 498 g/mol. The molecular formula is C24H13Cl3N2O2S. The Morgan fingerprint density at radius 1 is 0.875 bits per heavy atom. The lowest BCUT2D eigenvalue weighted by Crippen LogP contribution is -2.10. The molecule has 0 saturated carbocycles. The Hall–Kier alpha value is -2.83. The van der Waals surface area contributed by atoms with Crippen molar-refractivity contribution in [2.45, 2.75) is 0 Å². The summed E-state index contributed by atoms with van der Waals surface area (Å²) < 4.78 is 6.79. The number of anilines is 1. The maximum atomic E-state index is 12.7. The summed E-state index contributed by atoms with van der Waals surface area (Å²) in [6.45, 7) is 0. The summed E-state index contributed by atoms with van der Waals surface area (Å²) in [7, 11) is 0. The number of rotatable bonds is 4. The molecule has 1 amide bonds. The Balaban J connectivity index is 1.36. The van der Waals surface area contributed by atoms with Crippen LogP contribution in [0.15, 0.2) is 77.2 Å². The average molecular weight is 500 g/mol. The highest BCUT2D eigenvalue weighted by Gasteiger charge is 2.16. The number of furan rings is 1. The Morgan fingerprint density at radius 2 is 1.72 bits per heavy atom. The molecule has 0 aliphatic heterocycles. The third-order valence-corrected chi connectivity index (χ3v) is 6.72. The number of carbonyl (C=O) groups is 1. The van der Waals surface area contributed by atoms with Crippen LogP contribution in [0.3, 0.4) is 0 Å². The summed E-state index contributed by atoms with van der Waals surface area (Å²) in [6.07, 6.45) is 0. The molecule has 3 aromatic carbocycles. The van der Waals surface area contributed by atoms with Gasteiger partial charge in [0, 0.05) is 21.8 Å². The largest absolute Gasteiger partial charge is 0.451 e. The summed E-state index contributed by atoms with van der Waals surface area (Å²) in [5.41, 5.74) is 2.89. The van der Waals surface area contributed by atoms with Crippen molar-refractivity contribution in [3.63, 3.8) is 0 Å². The number of aromatic nitrogens is 1. The molecule has 0 unspecified atom stereocenters. The SMILES string of the molecule is O=C(Nc1ccc(-c2nc3ccccc3s2)c(Cl)c1)c1ccc(-c2cc(Cl)ccc2Cl)o1. The molecule has 0 radical (unpaired) electrons. The fraction of sp³-hybridized carbons (Fsp3) is 0. The van der Waals surface area contributed by atoms with Gasteiger partial charge in [0.2, 0.25) is 0 Å². The molecule has 5 rings (SSSR count). The normalized spacial score (nSPS) is 11.1.